The fraction of sp³-hybridized carbons (Fsp3) is 0.263. The lowest BCUT2D eigenvalue weighted by Crippen LogP contribution is -2.39. The van der Waals surface area contributed by atoms with Gasteiger partial charge in [0, 0.05) is 17.6 Å². The lowest BCUT2D eigenvalue weighted by atomic mass is 10.1. The van der Waals surface area contributed by atoms with Crippen molar-refractivity contribution in [1.82, 2.24) is 10.6 Å². The van der Waals surface area contributed by atoms with E-state index in [1.807, 2.05) is 38.1 Å². The summed E-state index contributed by atoms with van der Waals surface area (Å²) in [4.78, 5) is 23.9. The predicted octanol–water partition coefficient (Wildman–Crippen LogP) is 3.40. The van der Waals surface area contributed by atoms with Crippen LogP contribution in [-0.2, 0) is 11.3 Å². The Bertz CT molecular complexity index is 791. The van der Waals surface area contributed by atoms with Crippen LogP contribution < -0.4 is 20.7 Å². The van der Waals surface area contributed by atoms with Crippen LogP contribution in [0.25, 0.3) is 0 Å². The summed E-state index contributed by atoms with van der Waals surface area (Å²) >= 11 is 6.04. The zero-order chi connectivity index (χ0) is 19.1. The molecule has 0 saturated heterocycles. The van der Waals surface area contributed by atoms with Crippen LogP contribution in [-0.4, -0.2) is 25.6 Å². The van der Waals surface area contributed by atoms with Crippen LogP contribution in [0.5, 0.6) is 5.75 Å². The van der Waals surface area contributed by atoms with Crippen LogP contribution in [0.3, 0.4) is 0 Å². The van der Waals surface area contributed by atoms with E-state index in [-0.39, 0.29) is 12.5 Å². The van der Waals surface area contributed by atoms with Crippen molar-refractivity contribution in [1.29, 1.82) is 0 Å². The maximum Gasteiger partial charge on any atom is 0.315 e. The number of hydrogen-bond donors (Lipinski definition) is 3. The molecule has 0 unspecified atom stereocenters. The largest absolute Gasteiger partial charge is 0.495 e. The van der Waals surface area contributed by atoms with E-state index in [4.69, 9.17) is 16.3 Å². The molecular weight excluding hydrogens is 354 g/mol. The first-order chi connectivity index (χ1) is 12.4. The van der Waals surface area contributed by atoms with Gasteiger partial charge >= 0.3 is 6.03 Å². The molecule has 3 N–H and O–H groups in total. The van der Waals surface area contributed by atoms with E-state index in [0.29, 0.717) is 23.0 Å². The van der Waals surface area contributed by atoms with Gasteiger partial charge in [-0.05, 0) is 31.0 Å². The third-order valence-corrected chi connectivity index (χ3v) is 4.15. The average Bonchev–Trinajstić information content (AvgIpc) is 2.62. The Balaban J connectivity index is 1.82. The quantitative estimate of drug-likeness (QED) is 0.723. The molecule has 7 heteroatoms. The van der Waals surface area contributed by atoms with Crippen LogP contribution in [0.15, 0.2) is 36.4 Å². The second kappa shape index (κ2) is 9.10. The normalized spacial score (nSPS) is 10.2. The van der Waals surface area contributed by atoms with Gasteiger partial charge in [0.05, 0.1) is 19.3 Å². The minimum Gasteiger partial charge on any atom is -0.495 e. The molecule has 138 valence electrons. The molecule has 0 atom stereocenters. The molecule has 0 heterocycles. The SMILES string of the molecule is COc1cc(Cl)c(C)cc1NC(=O)CNC(=O)NCc1ccc(C)cc1. The van der Waals surface area contributed by atoms with E-state index < -0.39 is 6.03 Å². The van der Waals surface area contributed by atoms with Gasteiger partial charge in [-0.2, -0.15) is 0 Å². The number of carbonyl (C=O) groups excluding carboxylic acids is 2. The highest BCUT2D eigenvalue weighted by Crippen LogP contribution is 2.30. The van der Waals surface area contributed by atoms with Gasteiger partial charge in [-0.3, -0.25) is 4.79 Å². The Morgan fingerprint density at radius 2 is 1.77 bits per heavy atom. The third kappa shape index (κ3) is 5.67. The maximum atomic E-state index is 12.1. The van der Waals surface area contributed by atoms with Gasteiger partial charge < -0.3 is 20.7 Å². The molecule has 6 nitrogen and oxygen atoms in total. The number of aryl methyl sites for hydroxylation is 2. The van der Waals surface area contributed by atoms with Crippen LogP contribution in [0, 0.1) is 13.8 Å². The zero-order valence-corrected chi connectivity index (χ0v) is 15.7. The summed E-state index contributed by atoms with van der Waals surface area (Å²) in [7, 11) is 1.49. The minimum atomic E-state index is -0.417. The fourth-order valence-electron chi connectivity index (χ4n) is 2.24. The van der Waals surface area contributed by atoms with Crippen molar-refractivity contribution in [3.05, 3.63) is 58.1 Å². The number of benzene rings is 2. The van der Waals surface area contributed by atoms with Gasteiger partial charge in [0.15, 0.2) is 0 Å². The maximum absolute atomic E-state index is 12.1. The zero-order valence-electron chi connectivity index (χ0n) is 15.0. The Hall–Kier alpha value is -2.73. The number of carbonyl (C=O) groups is 2. The number of hydrogen-bond acceptors (Lipinski definition) is 3. The lowest BCUT2D eigenvalue weighted by Gasteiger charge is -2.13. The topological polar surface area (TPSA) is 79.5 Å². The molecule has 0 spiro atoms. The van der Waals surface area contributed by atoms with Crippen molar-refractivity contribution < 1.29 is 14.3 Å². The van der Waals surface area contributed by atoms with Gasteiger partial charge in [0.2, 0.25) is 5.91 Å². The van der Waals surface area contributed by atoms with Gasteiger partial charge in [-0.25, -0.2) is 4.79 Å². The van der Waals surface area contributed by atoms with Gasteiger partial charge in [-0.15, -0.1) is 0 Å². The average molecular weight is 376 g/mol. The molecule has 0 aliphatic heterocycles. The van der Waals surface area contributed by atoms with E-state index in [1.165, 1.54) is 7.11 Å². The molecule has 2 aromatic carbocycles. The smallest absolute Gasteiger partial charge is 0.315 e. The highest BCUT2D eigenvalue weighted by molar-refractivity contribution is 6.31. The van der Waals surface area contributed by atoms with Crippen molar-refractivity contribution in [2.45, 2.75) is 20.4 Å². The number of methoxy groups -OCH3 is 1. The van der Waals surface area contributed by atoms with Crippen LogP contribution in [0.2, 0.25) is 5.02 Å². The van der Waals surface area contributed by atoms with Crippen LogP contribution >= 0.6 is 11.6 Å². The molecule has 2 rings (SSSR count). The number of halogens is 1. The first kappa shape index (κ1) is 19.6. The molecule has 0 saturated carbocycles. The standard InChI is InChI=1S/C19H22ClN3O3/c1-12-4-6-14(7-5-12)10-21-19(25)22-11-18(24)23-16-8-13(2)15(20)9-17(16)26-3/h4-9H,10-11H2,1-3H3,(H,23,24)(H2,21,22,25). The molecular formula is C19H22ClN3O3. The molecule has 0 fully saturated rings. The van der Waals surface area contributed by atoms with E-state index in [1.54, 1.807) is 12.1 Å². The van der Waals surface area contributed by atoms with Gasteiger partial charge in [0.1, 0.15) is 5.75 Å². The Labute approximate surface area is 157 Å². The van der Waals surface area contributed by atoms with Crippen molar-refractivity contribution in [3.8, 4) is 5.75 Å². The molecule has 0 aliphatic rings. The number of anilines is 1. The second-order valence-electron chi connectivity index (χ2n) is 5.87. The first-order valence-corrected chi connectivity index (χ1v) is 8.48. The Morgan fingerprint density at radius 3 is 2.42 bits per heavy atom. The monoisotopic (exact) mass is 375 g/mol. The van der Waals surface area contributed by atoms with E-state index in [9.17, 15) is 9.59 Å². The molecule has 0 aliphatic carbocycles. The predicted molar refractivity (Wildman–Crippen MR) is 103 cm³/mol. The van der Waals surface area contributed by atoms with Crippen molar-refractivity contribution >= 4 is 29.2 Å². The molecule has 0 radical (unpaired) electrons. The molecule has 26 heavy (non-hydrogen) atoms. The number of amides is 3. The minimum absolute atomic E-state index is 0.162. The highest BCUT2D eigenvalue weighted by Gasteiger charge is 2.11. The van der Waals surface area contributed by atoms with Crippen LogP contribution in [0.1, 0.15) is 16.7 Å². The first-order valence-electron chi connectivity index (χ1n) is 8.10. The van der Waals surface area contributed by atoms with Gasteiger partial charge in [-0.1, -0.05) is 41.4 Å². The van der Waals surface area contributed by atoms with Crippen molar-refractivity contribution in [2.24, 2.45) is 0 Å². The van der Waals surface area contributed by atoms with Crippen molar-refractivity contribution in [2.75, 3.05) is 19.0 Å². The highest BCUT2D eigenvalue weighted by atomic mass is 35.5. The summed E-state index contributed by atoms with van der Waals surface area (Å²) in [5, 5.41) is 8.47. The summed E-state index contributed by atoms with van der Waals surface area (Å²) in [5.41, 5.74) is 3.45. The van der Waals surface area contributed by atoms with Gasteiger partial charge in [0.25, 0.3) is 0 Å². The lowest BCUT2D eigenvalue weighted by molar-refractivity contribution is -0.115. The van der Waals surface area contributed by atoms with Crippen LogP contribution in [0.4, 0.5) is 10.5 Å². The summed E-state index contributed by atoms with van der Waals surface area (Å²) in [6, 6.07) is 10.8. The summed E-state index contributed by atoms with van der Waals surface area (Å²) in [6.07, 6.45) is 0. The fourth-order valence-corrected chi connectivity index (χ4v) is 2.39. The number of urea groups is 1. The molecule has 2 aromatic rings. The Kier molecular flexibility index (Phi) is 6.86. The van der Waals surface area contributed by atoms with Crippen molar-refractivity contribution in [3.63, 3.8) is 0 Å². The second-order valence-corrected chi connectivity index (χ2v) is 6.28. The van der Waals surface area contributed by atoms with E-state index in [0.717, 1.165) is 16.7 Å². The summed E-state index contributed by atoms with van der Waals surface area (Å²) < 4.78 is 5.20. The Morgan fingerprint density at radius 1 is 1.08 bits per heavy atom. The van der Waals surface area contributed by atoms with E-state index >= 15 is 0 Å². The summed E-state index contributed by atoms with van der Waals surface area (Å²) in [6.45, 7) is 4.05. The molecule has 3 amide bonds. The van der Waals surface area contributed by atoms with E-state index in [2.05, 4.69) is 16.0 Å². The number of ether oxygens (including phenoxy) is 1. The molecule has 0 aromatic heterocycles. The summed E-state index contributed by atoms with van der Waals surface area (Å²) in [5.74, 6) is 0.0910. The molecule has 0 bridgehead atoms. The number of nitrogens with one attached hydrogen (secondary N) is 3. The third-order valence-electron chi connectivity index (χ3n) is 3.74. The number of rotatable bonds is 6.